The molecule has 1 aromatic carbocycles. The second-order valence-electron chi connectivity index (χ2n) is 7.65. The summed E-state index contributed by atoms with van der Waals surface area (Å²) in [5.41, 5.74) is 4.12. The van der Waals surface area contributed by atoms with Gasteiger partial charge in [0, 0.05) is 25.7 Å². The molecule has 6 nitrogen and oxygen atoms in total. The molecule has 0 radical (unpaired) electrons. The van der Waals surface area contributed by atoms with Crippen LogP contribution < -0.4 is 5.32 Å². The normalized spacial score (nSPS) is 17.2. The fourth-order valence-electron chi connectivity index (χ4n) is 4.25. The third-order valence-corrected chi connectivity index (χ3v) is 5.57. The summed E-state index contributed by atoms with van der Waals surface area (Å²) in [7, 11) is 3.85. The van der Waals surface area contributed by atoms with E-state index in [-0.39, 0.29) is 5.91 Å². The first kappa shape index (κ1) is 18.6. The lowest BCUT2D eigenvalue weighted by Crippen LogP contribution is -2.42. The van der Waals surface area contributed by atoms with Crippen molar-refractivity contribution in [2.45, 2.75) is 19.8 Å². The molecule has 1 fully saturated rings. The van der Waals surface area contributed by atoms with E-state index < -0.39 is 0 Å². The van der Waals surface area contributed by atoms with Crippen LogP contribution in [0.5, 0.6) is 0 Å². The van der Waals surface area contributed by atoms with Crippen molar-refractivity contribution < 1.29 is 4.79 Å². The minimum Gasteiger partial charge on any atom is -0.338 e. The van der Waals surface area contributed by atoms with Gasteiger partial charge in [0.25, 0.3) is 5.91 Å². The van der Waals surface area contributed by atoms with E-state index in [4.69, 9.17) is 4.98 Å². The molecule has 6 heteroatoms. The van der Waals surface area contributed by atoms with Gasteiger partial charge in [0.1, 0.15) is 0 Å². The van der Waals surface area contributed by atoms with Crippen LogP contribution in [0.15, 0.2) is 36.4 Å². The van der Waals surface area contributed by atoms with E-state index in [0.29, 0.717) is 11.5 Å². The molecule has 0 bridgehead atoms. The summed E-state index contributed by atoms with van der Waals surface area (Å²) in [6.45, 7) is 4.49. The summed E-state index contributed by atoms with van der Waals surface area (Å²) in [6.07, 6.45) is 2.21. The quantitative estimate of drug-likeness (QED) is 0.759. The second kappa shape index (κ2) is 7.72. The van der Waals surface area contributed by atoms with Gasteiger partial charge in [-0.05, 0) is 45.3 Å². The number of aromatic nitrogens is 3. The Labute approximate surface area is 165 Å². The molecule has 3 heterocycles. The van der Waals surface area contributed by atoms with Crippen molar-refractivity contribution >= 4 is 16.9 Å². The highest BCUT2D eigenvalue weighted by Gasteiger charge is 2.27. The highest BCUT2D eigenvalue weighted by Crippen LogP contribution is 2.29. The Hall–Kier alpha value is -2.73. The average Bonchev–Trinajstić information content (AvgIpc) is 3.02. The van der Waals surface area contributed by atoms with Gasteiger partial charge in [0.05, 0.1) is 22.3 Å². The van der Waals surface area contributed by atoms with Crippen molar-refractivity contribution in [1.29, 1.82) is 0 Å². The van der Waals surface area contributed by atoms with Gasteiger partial charge in [-0.3, -0.25) is 9.48 Å². The van der Waals surface area contributed by atoms with Crippen LogP contribution in [-0.2, 0) is 7.05 Å². The molecule has 1 amide bonds. The van der Waals surface area contributed by atoms with Gasteiger partial charge in [-0.2, -0.15) is 5.10 Å². The SMILES string of the molecule is CNCC1CCCN(C(=O)c2cc(-c3ccccc3)nc3c2c(C)nn3C)C1. The van der Waals surface area contributed by atoms with Crippen molar-refractivity contribution in [1.82, 2.24) is 25.0 Å². The van der Waals surface area contributed by atoms with Crippen LogP contribution in [-0.4, -0.2) is 52.3 Å². The monoisotopic (exact) mass is 377 g/mol. The Morgan fingerprint density at radius 1 is 1.29 bits per heavy atom. The van der Waals surface area contributed by atoms with Gasteiger partial charge in [-0.15, -0.1) is 0 Å². The fourth-order valence-corrected chi connectivity index (χ4v) is 4.25. The molecule has 1 aliphatic heterocycles. The first-order valence-electron chi connectivity index (χ1n) is 9.92. The molecule has 0 aliphatic carbocycles. The van der Waals surface area contributed by atoms with Crippen molar-refractivity contribution in [2.24, 2.45) is 13.0 Å². The summed E-state index contributed by atoms with van der Waals surface area (Å²) in [4.78, 5) is 20.4. The first-order valence-corrected chi connectivity index (χ1v) is 9.92. The minimum absolute atomic E-state index is 0.0847. The first-order chi connectivity index (χ1) is 13.6. The van der Waals surface area contributed by atoms with Crippen LogP contribution in [0.25, 0.3) is 22.3 Å². The second-order valence-corrected chi connectivity index (χ2v) is 7.65. The molecule has 1 aliphatic rings. The molecule has 1 saturated heterocycles. The van der Waals surface area contributed by atoms with Crippen LogP contribution in [0.4, 0.5) is 0 Å². The van der Waals surface area contributed by atoms with Gasteiger partial charge in [-0.25, -0.2) is 4.98 Å². The number of likely N-dealkylation sites (tertiary alicyclic amines) is 1. The predicted molar refractivity (Wildman–Crippen MR) is 111 cm³/mol. The molecule has 1 atom stereocenters. The number of carbonyl (C=O) groups excluding carboxylic acids is 1. The summed E-state index contributed by atoms with van der Waals surface area (Å²) in [5.74, 6) is 0.588. The fraction of sp³-hybridized carbons (Fsp3) is 0.409. The molecular weight excluding hydrogens is 350 g/mol. The minimum atomic E-state index is 0.0847. The number of aryl methyl sites for hydroxylation is 2. The molecule has 3 aromatic rings. The van der Waals surface area contributed by atoms with Crippen molar-refractivity contribution in [2.75, 3.05) is 26.7 Å². The number of hydrogen-bond donors (Lipinski definition) is 1. The molecule has 0 saturated carbocycles. The zero-order chi connectivity index (χ0) is 19.7. The summed E-state index contributed by atoms with van der Waals surface area (Å²) in [6, 6.07) is 12.0. The van der Waals surface area contributed by atoms with Gasteiger partial charge in [0.2, 0.25) is 0 Å². The van der Waals surface area contributed by atoms with E-state index in [2.05, 4.69) is 10.4 Å². The van der Waals surface area contributed by atoms with Crippen LogP contribution in [0, 0.1) is 12.8 Å². The Morgan fingerprint density at radius 2 is 2.07 bits per heavy atom. The number of nitrogens with zero attached hydrogens (tertiary/aromatic N) is 4. The molecule has 146 valence electrons. The number of hydrogen-bond acceptors (Lipinski definition) is 4. The van der Waals surface area contributed by atoms with Crippen LogP contribution >= 0.6 is 0 Å². The molecule has 2 aromatic heterocycles. The largest absolute Gasteiger partial charge is 0.338 e. The molecule has 1 unspecified atom stereocenters. The van der Waals surface area contributed by atoms with E-state index in [1.165, 1.54) is 0 Å². The van der Waals surface area contributed by atoms with E-state index in [9.17, 15) is 4.79 Å². The number of nitrogens with one attached hydrogen (secondary N) is 1. The van der Waals surface area contributed by atoms with Crippen LogP contribution in [0.1, 0.15) is 28.9 Å². The summed E-state index contributed by atoms with van der Waals surface area (Å²) >= 11 is 0. The highest BCUT2D eigenvalue weighted by atomic mass is 16.2. The Balaban J connectivity index is 1.80. The Kier molecular flexibility index (Phi) is 5.13. The maximum Gasteiger partial charge on any atom is 0.254 e. The number of carbonyl (C=O) groups is 1. The molecule has 0 spiro atoms. The van der Waals surface area contributed by atoms with Gasteiger partial charge in [0.15, 0.2) is 5.65 Å². The third-order valence-electron chi connectivity index (χ3n) is 5.57. The van der Waals surface area contributed by atoms with Crippen molar-refractivity contribution in [3.05, 3.63) is 47.7 Å². The maximum absolute atomic E-state index is 13.5. The van der Waals surface area contributed by atoms with E-state index >= 15 is 0 Å². The summed E-state index contributed by atoms with van der Waals surface area (Å²) in [5, 5.41) is 8.64. The Morgan fingerprint density at radius 3 is 2.82 bits per heavy atom. The smallest absolute Gasteiger partial charge is 0.254 e. The average molecular weight is 377 g/mol. The number of rotatable bonds is 4. The number of fused-ring (bicyclic) bond motifs is 1. The number of benzene rings is 1. The van der Waals surface area contributed by atoms with Crippen molar-refractivity contribution in [3.8, 4) is 11.3 Å². The number of pyridine rings is 1. The lowest BCUT2D eigenvalue weighted by atomic mass is 9.96. The van der Waals surface area contributed by atoms with Gasteiger partial charge >= 0.3 is 0 Å². The zero-order valence-corrected chi connectivity index (χ0v) is 16.8. The molecular formula is C22H27N5O. The van der Waals surface area contributed by atoms with E-state index in [1.54, 1.807) is 4.68 Å². The lowest BCUT2D eigenvalue weighted by Gasteiger charge is -2.33. The maximum atomic E-state index is 13.5. The van der Waals surface area contributed by atoms with Gasteiger partial charge < -0.3 is 10.2 Å². The van der Waals surface area contributed by atoms with Crippen LogP contribution in [0.3, 0.4) is 0 Å². The summed E-state index contributed by atoms with van der Waals surface area (Å²) < 4.78 is 1.77. The van der Waals surface area contributed by atoms with E-state index in [1.807, 2.05) is 62.3 Å². The van der Waals surface area contributed by atoms with Crippen LogP contribution in [0.2, 0.25) is 0 Å². The number of piperidine rings is 1. The lowest BCUT2D eigenvalue weighted by molar-refractivity contribution is 0.0676. The van der Waals surface area contributed by atoms with Gasteiger partial charge in [-0.1, -0.05) is 30.3 Å². The topological polar surface area (TPSA) is 63.1 Å². The molecule has 4 rings (SSSR count). The zero-order valence-electron chi connectivity index (χ0n) is 16.8. The predicted octanol–water partition coefficient (Wildman–Crippen LogP) is 3.02. The third kappa shape index (κ3) is 3.40. The van der Waals surface area contributed by atoms with Crippen molar-refractivity contribution in [3.63, 3.8) is 0 Å². The molecule has 28 heavy (non-hydrogen) atoms. The Bertz CT molecular complexity index is 993. The number of amides is 1. The standard InChI is InChI=1S/C22H27N5O/c1-15-20-18(22(28)27-11-7-8-16(14-27)13-23-2)12-19(17-9-5-4-6-10-17)24-21(20)26(3)25-15/h4-6,9-10,12,16,23H,7-8,11,13-14H2,1-3H3. The highest BCUT2D eigenvalue weighted by molar-refractivity contribution is 6.07. The van der Waals surface area contributed by atoms with E-state index in [0.717, 1.165) is 60.5 Å². The molecule has 1 N–H and O–H groups in total.